The highest BCUT2D eigenvalue weighted by Crippen LogP contribution is 2.32. The summed E-state index contributed by atoms with van der Waals surface area (Å²) in [7, 11) is 3.28. The quantitative estimate of drug-likeness (QED) is 0.935. The summed E-state index contributed by atoms with van der Waals surface area (Å²) in [5.74, 6) is 1.81. The van der Waals surface area contributed by atoms with Crippen LogP contribution < -0.4 is 9.47 Å². The molecule has 0 spiro atoms. The third kappa shape index (κ3) is 2.72. The lowest BCUT2D eigenvalue weighted by atomic mass is 10.1. The number of hydrogen-bond donors (Lipinski definition) is 1. The van der Waals surface area contributed by atoms with Crippen molar-refractivity contribution in [3.63, 3.8) is 0 Å². The van der Waals surface area contributed by atoms with Crippen LogP contribution in [0.25, 0.3) is 6.08 Å². The van der Waals surface area contributed by atoms with Crippen molar-refractivity contribution in [1.29, 1.82) is 0 Å². The van der Waals surface area contributed by atoms with E-state index in [1.807, 2.05) is 30.3 Å². The summed E-state index contributed by atoms with van der Waals surface area (Å²) in [6, 6.07) is 11.5. The van der Waals surface area contributed by atoms with Gasteiger partial charge < -0.3 is 14.6 Å². The van der Waals surface area contributed by atoms with Gasteiger partial charge in [-0.2, -0.15) is 0 Å². The third-order valence-corrected chi connectivity index (χ3v) is 3.80. The molecule has 0 atom stereocenters. The van der Waals surface area contributed by atoms with Gasteiger partial charge in [0.1, 0.15) is 5.75 Å². The first-order valence-corrected chi connectivity index (χ1v) is 6.92. The molecule has 108 valence electrons. The van der Waals surface area contributed by atoms with Crippen LogP contribution in [-0.4, -0.2) is 19.3 Å². The number of allylic oxidation sites excluding steroid dienone is 1. The zero-order valence-electron chi connectivity index (χ0n) is 12.2. The molecule has 0 saturated heterocycles. The number of hydrogen-bond acceptors (Lipinski definition) is 3. The van der Waals surface area contributed by atoms with Crippen LogP contribution in [0.5, 0.6) is 17.2 Å². The summed E-state index contributed by atoms with van der Waals surface area (Å²) >= 11 is 0. The van der Waals surface area contributed by atoms with E-state index in [-0.39, 0.29) is 0 Å². The largest absolute Gasteiger partial charge is 0.508 e. The summed E-state index contributed by atoms with van der Waals surface area (Å²) in [5.41, 5.74) is 4.93. The second-order valence-electron chi connectivity index (χ2n) is 5.22. The average Bonchev–Trinajstić information content (AvgIpc) is 2.88. The second-order valence-corrected chi connectivity index (χ2v) is 5.22. The minimum absolute atomic E-state index is 0.334. The molecule has 1 N–H and O–H groups in total. The van der Waals surface area contributed by atoms with Crippen molar-refractivity contribution in [3.8, 4) is 17.2 Å². The smallest absolute Gasteiger partial charge is 0.161 e. The van der Waals surface area contributed by atoms with E-state index in [2.05, 4.69) is 6.08 Å². The maximum Gasteiger partial charge on any atom is 0.161 e. The van der Waals surface area contributed by atoms with E-state index in [0.717, 1.165) is 29.9 Å². The Morgan fingerprint density at radius 2 is 1.67 bits per heavy atom. The number of benzene rings is 2. The van der Waals surface area contributed by atoms with Crippen LogP contribution >= 0.6 is 0 Å². The van der Waals surface area contributed by atoms with Gasteiger partial charge in [-0.3, -0.25) is 0 Å². The predicted molar refractivity (Wildman–Crippen MR) is 83.0 cm³/mol. The Morgan fingerprint density at radius 1 is 0.905 bits per heavy atom. The lowest BCUT2D eigenvalue weighted by Crippen LogP contribution is -1.91. The number of phenolic OH excluding ortho intramolecular Hbond substituents is 1. The Hall–Kier alpha value is -2.42. The van der Waals surface area contributed by atoms with Crippen molar-refractivity contribution in [2.45, 2.75) is 12.8 Å². The summed E-state index contributed by atoms with van der Waals surface area (Å²) < 4.78 is 10.6. The number of rotatable bonds is 3. The molecule has 0 saturated carbocycles. The minimum atomic E-state index is 0.334. The van der Waals surface area contributed by atoms with Crippen molar-refractivity contribution in [2.24, 2.45) is 0 Å². The molecule has 0 fully saturated rings. The summed E-state index contributed by atoms with van der Waals surface area (Å²) in [6.45, 7) is 0. The fraction of sp³-hybridized carbons (Fsp3) is 0.222. The lowest BCUT2D eigenvalue weighted by molar-refractivity contribution is 0.355. The highest BCUT2D eigenvalue weighted by atomic mass is 16.5. The van der Waals surface area contributed by atoms with Crippen molar-refractivity contribution < 1.29 is 14.6 Å². The molecule has 0 aliphatic heterocycles. The summed E-state index contributed by atoms with van der Waals surface area (Å²) in [5, 5.41) is 9.55. The molecule has 0 bridgehead atoms. The number of ether oxygens (including phenoxy) is 2. The second kappa shape index (κ2) is 5.52. The van der Waals surface area contributed by atoms with E-state index < -0.39 is 0 Å². The van der Waals surface area contributed by atoms with E-state index in [1.165, 1.54) is 16.7 Å². The highest BCUT2D eigenvalue weighted by Gasteiger charge is 2.16. The monoisotopic (exact) mass is 282 g/mol. The Kier molecular flexibility index (Phi) is 3.57. The van der Waals surface area contributed by atoms with Gasteiger partial charge in [-0.25, -0.2) is 0 Å². The Bertz CT molecular complexity index is 702. The molecule has 0 unspecified atom stereocenters. The SMILES string of the molecule is COc1ccc(C=C2Cc3ccc(O)cc3C2)cc1OC. The van der Waals surface area contributed by atoms with Crippen LogP contribution in [0.4, 0.5) is 0 Å². The molecule has 21 heavy (non-hydrogen) atoms. The third-order valence-electron chi connectivity index (χ3n) is 3.80. The molecular formula is C18H18O3. The molecule has 3 heteroatoms. The number of methoxy groups -OCH3 is 2. The van der Waals surface area contributed by atoms with Crippen LogP contribution in [-0.2, 0) is 12.8 Å². The van der Waals surface area contributed by atoms with E-state index in [0.29, 0.717) is 5.75 Å². The molecule has 0 radical (unpaired) electrons. The van der Waals surface area contributed by atoms with Gasteiger partial charge in [0.15, 0.2) is 11.5 Å². The van der Waals surface area contributed by atoms with Crippen LogP contribution in [0.3, 0.4) is 0 Å². The minimum Gasteiger partial charge on any atom is -0.508 e. The van der Waals surface area contributed by atoms with Gasteiger partial charge in [-0.1, -0.05) is 23.8 Å². The van der Waals surface area contributed by atoms with Crippen molar-refractivity contribution >= 4 is 6.08 Å². The topological polar surface area (TPSA) is 38.7 Å². The van der Waals surface area contributed by atoms with Crippen LogP contribution in [0.1, 0.15) is 16.7 Å². The molecular weight excluding hydrogens is 264 g/mol. The zero-order valence-corrected chi connectivity index (χ0v) is 12.2. The van der Waals surface area contributed by atoms with Gasteiger partial charge in [0.05, 0.1) is 14.2 Å². The Morgan fingerprint density at radius 3 is 2.43 bits per heavy atom. The van der Waals surface area contributed by atoms with Crippen molar-refractivity contribution in [1.82, 2.24) is 0 Å². The molecule has 0 amide bonds. The highest BCUT2D eigenvalue weighted by molar-refractivity contribution is 5.61. The van der Waals surface area contributed by atoms with E-state index >= 15 is 0 Å². The van der Waals surface area contributed by atoms with E-state index in [9.17, 15) is 5.11 Å². The van der Waals surface area contributed by atoms with Gasteiger partial charge in [0.25, 0.3) is 0 Å². The molecule has 1 aliphatic rings. The van der Waals surface area contributed by atoms with Crippen LogP contribution in [0.2, 0.25) is 0 Å². The first-order valence-electron chi connectivity index (χ1n) is 6.92. The maximum atomic E-state index is 9.55. The number of fused-ring (bicyclic) bond motifs is 1. The molecule has 3 rings (SSSR count). The summed E-state index contributed by atoms with van der Waals surface area (Å²) in [6.07, 6.45) is 4.00. The fourth-order valence-corrected chi connectivity index (χ4v) is 2.78. The lowest BCUT2D eigenvalue weighted by Gasteiger charge is -2.08. The van der Waals surface area contributed by atoms with Gasteiger partial charge in [0.2, 0.25) is 0 Å². The van der Waals surface area contributed by atoms with Gasteiger partial charge in [0, 0.05) is 0 Å². The molecule has 0 heterocycles. The average molecular weight is 282 g/mol. The first-order chi connectivity index (χ1) is 10.2. The Labute approximate surface area is 124 Å². The van der Waals surface area contributed by atoms with E-state index in [4.69, 9.17) is 9.47 Å². The number of phenols is 1. The molecule has 2 aromatic carbocycles. The molecule has 3 nitrogen and oxygen atoms in total. The van der Waals surface area contributed by atoms with E-state index in [1.54, 1.807) is 20.3 Å². The molecule has 1 aliphatic carbocycles. The van der Waals surface area contributed by atoms with Crippen LogP contribution in [0.15, 0.2) is 42.0 Å². The molecule has 2 aromatic rings. The molecule has 0 aromatic heterocycles. The normalized spacial score (nSPS) is 15.0. The van der Waals surface area contributed by atoms with Crippen molar-refractivity contribution in [2.75, 3.05) is 14.2 Å². The van der Waals surface area contributed by atoms with Gasteiger partial charge >= 0.3 is 0 Å². The zero-order chi connectivity index (χ0) is 14.8. The standard InChI is InChI=1S/C18H18O3/c1-20-17-6-3-12(10-18(17)21-2)7-13-8-14-4-5-16(19)11-15(14)9-13/h3-7,10-11,19H,8-9H2,1-2H3. The first kappa shape index (κ1) is 13.6. The van der Waals surface area contributed by atoms with Crippen molar-refractivity contribution in [3.05, 3.63) is 58.7 Å². The summed E-state index contributed by atoms with van der Waals surface area (Å²) in [4.78, 5) is 0. The van der Waals surface area contributed by atoms with Crippen LogP contribution in [0, 0.1) is 0 Å². The predicted octanol–water partition coefficient (Wildman–Crippen LogP) is 3.59. The fourth-order valence-electron chi connectivity index (χ4n) is 2.78. The van der Waals surface area contributed by atoms with Gasteiger partial charge in [-0.15, -0.1) is 0 Å². The Balaban J connectivity index is 1.87. The maximum absolute atomic E-state index is 9.55. The number of aromatic hydroxyl groups is 1. The van der Waals surface area contributed by atoms with Gasteiger partial charge in [-0.05, 0) is 53.8 Å².